The van der Waals surface area contributed by atoms with E-state index < -0.39 is 21.2 Å². The Hall–Kier alpha value is -1.23. The Labute approximate surface area is 80.8 Å². The summed E-state index contributed by atoms with van der Waals surface area (Å²) in [6, 6.07) is 6.76. The van der Waals surface area contributed by atoms with Crippen LogP contribution in [0.3, 0.4) is 0 Å². The lowest BCUT2D eigenvalue weighted by Gasteiger charge is -2.04. The highest BCUT2D eigenvalue weighted by molar-refractivity contribution is 7.94. The summed E-state index contributed by atoms with van der Waals surface area (Å²) in [5, 5.41) is 0. The first-order chi connectivity index (χ1) is 6.46. The molecular weight excluding hydrogens is 210 g/mol. The molecule has 0 aliphatic heterocycles. The van der Waals surface area contributed by atoms with Crippen molar-refractivity contribution >= 4 is 9.84 Å². The summed E-state index contributed by atoms with van der Waals surface area (Å²) in [5.41, 5.74) is -1.84. The third-order valence-electron chi connectivity index (χ3n) is 1.50. The SMILES string of the molecule is C=C(F)[C](F)S(=O)(=O)c1ccccc1. The third-order valence-corrected chi connectivity index (χ3v) is 3.09. The first kappa shape index (κ1) is 10.8. The van der Waals surface area contributed by atoms with Gasteiger partial charge in [-0.05, 0) is 12.1 Å². The Balaban J connectivity index is 3.16. The Morgan fingerprint density at radius 2 is 1.64 bits per heavy atom. The molecule has 0 saturated carbocycles. The van der Waals surface area contributed by atoms with Crippen molar-refractivity contribution in [3.8, 4) is 0 Å². The van der Waals surface area contributed by atoms with Crippen LogP contribution in [0.2, 0.25) is 0 Å². The fourth-order valence-electron chi connectivity index (χ4n) is 0.849. The molecule has 0 aromatic heterocycles. The average molecular weight is 217 g/mol. The van der Waals surface area contributed by atoms with Crippen molar-refractivity contribution in [2.24, 2.45) is 0 Å². The number of hydrogen-bond donors (Lipinski definition) is 0. The van der Waals surface area contributed by atoms with Gasteiger partial charge in [0, 0.05) is 0 Å². The zero-order chi connectivity index (χ0) is 10.8. The van der Waals surface area contributed by atoms with Gasteiger partial charge in [-0.3, -0.25) is 0 Å². The predicted molar refractivity (Wildman–Crippen MR) is 48.2 cm³/mol. The highest BCUT2D eigenvalue weighted by Crippen LogP contribution is 2.28. The lowest BCUT2D eigenvalue weighted by atomic mass is 10.4. The highest BCUT2D eigenvalue weighted by atomic mass is 32.2. The van der Waals surface area contributed by atoms with Crippen molar-refractivity contribution in [3.05, 3.63) is 48.2 Å². The quantitative estimate of drug-likeness (QED) is 0.779. The summed E-state index contributed by atoms with van der Waals surface area (Å²) in [6.45, 7) is 2.59. The maximum atomic E-state index is 12.8. The molecule has 1 rings (SSSR count). The molecule has 1 aromatic rings. The summed E-state index contributed by atoms with van der Waals surface area (Å²) < 4.78 is 47.7. The minimum atomic E-state index is -4.36. The van der Waals surface area contributed by atoms with Crippen molar-refractivity contribution in [1.82, 2.24) is 0 Å². The monoisotopic (exact) mass is 217 g/mol. The van der Waals surface area contributed by atoms with Crippen LogP contribution >= 0.6 is 0 Å². The van der Waals surface area contributed by atoms with Gasteiger partial charge in [0.2, 0.25) is 9.84 Å². The number of halogens is 2. The van der Waals surface area contributed by atoms with Gasteiger partial charge in [0.25, 0.3) is 0 Å². The molecular formula is C9H7F2O2S. The zero-order valence-corrected chi connectivity index (χ0v) is 7.89. The van der Waals surface area contributed by atoms with Crippen molar-refractivity contribution in [2.45, 2.75) is 4.90 Å². The fraction of sp³-hybridized carbons (Fsp3) is 0. The molecule has 0 unspecified atom stereocenters. The van der Waals surface area contributed by atoms with E-state index in [0.29, 0.717) is 0 Å². The van der Waals surface area contributed by atoms with Crippen LogP contribution in [0, 0.1) is 5.50 Å². The first-order valence-corrected chi connectivity index (χ1v) is 5.12. The number of benzene rings is 1. The molecule has 2 nitrogen and oxygen atoms in total. The Kier molecular flexibility index (Phi) is 3.00. The minimum absolute atomic E-state index is 0.295. The zero-order valence-electron chi connectivity index (χ0n) is 7.07. The molecule has 75 valence electrons. The van der Waals surface area contributed by atoms with E-state index in [9.17, 15) is 17.2 Å². The van der Waals surface area contributed by atoms with Gasteiger partial charge < -0.3 is 0 Å². The topological polar surface area (TPSA) is 34.1 Å². The second kappa shape index (κ2) is 3.88. The normalized spacial score (nSPS) is 11.6. The van der Waals surface area contributed by atoms with E-state index in [2.05, 4.69) is 6.58 Å². The van der Waals surface area contributed by atoms with Crippen molar-refractivity contribution in [3.63, 3.8) is 0 Å². The van der Waals surface area contributed by atoms with Crippen molar-refractivity contribution in [2.75, 3.05) is 0 Å². The lowest BCUT2D eigenvalue weighted by Crippen LogP contribution is -2.08. The number of rotatable bonds is 3. The molecule has 5 heteroatoms. The van der Waals surface area contributed by atoms with Gasteiger partial charge in [-0.15, -0.1) is 0 Å². The van der Waals surface area contributed by atoms with Crippen molar-refractivity contribution < 1.29 is 17.2 Å². The molecule has 1 aromatic carbocycles. The molecule has 0 spiro atoms. The molecule has 0 atom stereocenters. The van der Waals surface area contributed by atoms with Crippen LogP contribution in [-0.4, -0.2) is 8.42 Å². The Morgan fingerprint density at radius 3 is 2.07 bits per heavy atom. The number of hydrogen-bond acceptors (Lipinski definition) is 2. The van der Waals surface area contributed by atoms with Gasteiger partial charge in [0.05, 0.1) is 4.90 Å². The molecule has 14 heavy (non-hydrogen) atoms. The molecule has 0 heterocycles. The summed E-state index contributed by atoms with van der Waals surface area (Å²) in [5.74, 6) is -1.59. The Bertz CT molecular complexity index is 425. The summed E-state index contributed by atoms with van der Waals surface area (Å²) in [7, 11) is -4.36. The molecule has 0 bridgehead atoms. The number of sulfone groups is 1. The molecule has 0 saturated heterocycles. The highest BCUT2D eigenvalue weighted by Gasteiger charge is 2.32. The molecule has 0 aliphatic carbocycles. The van der Waals surface area contributed by atoms with Crippen LogP contribution in [0.25, 0.3) is 0 Å². The maximum absolute atomic E-state index is 12.8. The molecule has 0 amide bonds. The molecule has 0 N–H and O–H groups in total. The summed E-state index contributed by atoms with van der Waals surface area (Å²) >= 11 is 0. The van der Waals surface area contributed by atoms with E-state index in [1.807, 2.05) is 0 Å². The smallest absolute Gasteiger partial charge is 0.220 e. The van der Waals surface area contributed by atoms with E-state index in [-0.39, 0.29) is 4.90 Å². The third kappa shape index (κ3) is 1.98. The van der Waals surface area contributed by atoms with Gasteiger partial charge in [-0.1, -0.05) is 24.8 Å². The molecule has 1 radical (unpaired) electrons. The van der Waals surface area contributed by atoms with Gasteiger partial charge in [0.15, 0.2) is 5.83 Å². The summed E-state index contributed by atoms with van der Waals surface area (Å²) in [4.78, 5) is -0.295. The summed E-state index contributed by atoms with van der Waals surface area (Å²) in [6.07, 6.45) is 0. The average Bonchev–Trinajstić information content (AvgIpc) is 2.18. The van der Waals surface area contributed by atoms with E-state index in [4.69, 9.17) is 0 Å². The van der Waals surface area contributed by atoms with E-state index in [1.165, 1.54) is 24.3 Å². The van der Waals surface area contributed by atoms with Crippen LogP contribution in [0.1, 0.15) is 0 Å². The van der Waals surface area contributed by atoms with Gasteiger partial charge in [0.1, 0.15) is 0 Å². The first-order valence-electron chi connectivity index (χ1n) is 3.63. The Morgan fingerprint density at radius 1 is 1.14 bits per heavy atom. The second-order valence-electron chi connectivity index (χ2n) is 2.50. The van der Waals surface area contributed by atoms with Crippen LogP contribution < -0.4 is 0 Å². The van der Waals surface area contributed by atoms with Crippen LogP contribution in [-0.2, 0) is 9.84 Å². The standard InChI is InChI=1S/C9H7F2O2S/c1-7(10)9(11)14(12,13)8-5-3-2-4-6-8/h2-6H,1H2. The van der Waals surface area contributed by atoms with Crippen molar-refractivity contribution in [1.29, 1.82) is 0 Å². The van der Waals surface area contributed by atoms with Gasteiger partial charge in [-0.2, -0.15) is 0 Å². The fourth-order valence-corrected chi connectivity index (χ4v) is 1.86. The van der Waals surface area contributed by atoms with Crippen LogP contribution in [0.5, 0.6) is 0 Å². The predicted octanol–water partition coefficient (Wildman–Crippen LogP) is 2.40. The van der Waals surface area contributed by atoms with E-state index in [0.717, 1.165) is 0 Å². The van der Waals surface area contributed by atoms with Gasteiger partial charge >= 0.3 is 5.50 Å². The van der Waals surface area contributed by atoms with Crippen LogP contribution in [0.15, 0.2) is 47.6 Å². The van der Waals surface area contributed by atoms with E-state index >= 15 is 0 Å². The molecule has 0 fully saturated rings. The molecule has 0 aliphatic rings. The largest absolute Gasteiger partial charge is 0.319 e. The maximum Gasteiger partial charge on any atom is 0.319 e. The van der Waals surface area contributed by atoms with Crippen LogP contribution in [0.4, 0.5) is 8.78 Å². The second-order valence-corrected chi connectivity index (χ2v) is 4.33. The lowest BCUT2D eigenvalue weighted by molar-refractivity contribution is 0.487. The van der Waals surface area contributed by atoms with Gasteiger partial charge in [-0.25, -0.2) is 17.2 Å². The van der Waals surface area contributed by atoms with E-state index in [1.54, 1.807) is 6.07 Å². The minimum Gasteiger partial charge on any atom is -0.220 e.